The normalized spacial score (nSPS) is 22.7. The molecule has 4 aliphatic heterocycles. The quantitative estimate of drug-likeness (QED) is 0.674. The van der Waals surface area contributed by atoms with Crippen LogP contribution < -0.4 is 19.6 Å². The van der Waals surface area contributed by atoms with E-state index in [0.29, 0.717) is 25.6 Å². The van der Waals surface area contributed by atoms with Crippen LogP contribution in [0.2, 0.25) is 0 Å². The molecule has 8 heteroatoms. The van der Waals surface area contributed by atoms with Gasteiger partial charge >= 0.3 is 0 Å². The topological polar surface area (TPSA) is 59.6 Å². The van der Waals surface area contributed by atoms with Gasteiger partial charge in [0.05, 0.1) is 13.2 Å². The first-order valence-electron chi connectivity index (χ1n) is 12.6. The molecular formula is C27H33N5O3. The summed E-state index contributed by atoms with van der Waals surface area (Å²) in [5.41, 5.74) is 7.07. The number of fused-ring (bicyclic) bond motifs is 2. The van der Waals surface area contributed by atoms with Gasteiger partial charge in [-0.05, 0) is 47.9 Å². The Bertz CT molecular complexity index is 1170. The number of morpholine rings is 1. The average Bonchev–Trinajstić information content (AvgIpc) is 3.38. The fraction of sp³-hybridized carbons (Fsp3) is 0.481. The smallest absolute Gasteiger partial charge is 0.253 e. The third-order valence-electron chi connectivity index (χ3n) is 7.94. The summed E-state index contributed by atoms with van der Waals surface area (Å²) in [7, 11) is 4.23. The van der Waals surface area contributed by atoms with E-state index in [1.807, 2.05) is 9.80 Å². The van der Waals surface area contributed by atoms with Gasteiger partial charge in [0.1, 0.15) is 6.61 Å². The highest BCUT2D eigenvalue weighted by atomic mass is 16.5. The van der Waals surface area contributed by atoms with E-state index in [1.54, 1.807) is 0 Å². The van der Waals surface area contributed by atoms with Crippen molar-refractivity contribution in [2.24, 2.45) is 0 Å². The molecule has 2 fully saturated rings. The first-order chi connectivity index (χ1) is 17.0. The average molecular weight is 476 g/mol. The van der Waals surface area contributed by atoms with E-state index < -0.39 is 0 Å². The van der Waals surface area contributed by atoms with Crippen molar-refractivity contribution in [3.8, 4) is 0 Å². The molecular weight excluding hydrogens is 442 g/mol. The van der Waals surface area contributed by atoms with E-state index in [4.69, 9.17) is 4.74 Å². The third-order valence-corrected chi connectivity index (χ3v) is 7.94. The predicted molar refractivity (Wildman–Crippen MR) is 138 cm³/mol. The summed E-state index contributed by atoms with van der Waals surface area (Å²) in [6.45, 7) is 6.19. The lowest BCUT2D eigenvalue weighted by molar-refractivity contribution is -0.125. The van der Waals surface area contributed by atoms with E-state index in [-0.39, 0.29) is 18.4 Å². The molecule has 35 heavy (non-hydrogen) atoms. The Hall–Kier alpha value is -3.10. The highest BCUT2D eigenvalue weighted by Crippen LogP contribution is 2.39. The number of carbonyl (C=O) groups is 2. The number of anilines is 4. The zero-order valence-corrected chi connectivity index (χ0v) is 20.6. The summed E-state index contributed by atoms with van der Waals surface area (Å²) in [6, 6.07) is 12.8. The number of benzene rings is 2. The van der Waals surface area contributed by atoms with Gasteiger partial charge in [0.25, 0.3) is 5.91 Å². The zero-order valence-electron chi connectivity index (χ0n) is 20.6. The predicted octanol–water partition coefficient (Wildman–Crippen LogP) is 1.92. The Balaban J connectivity index is 1.12. The second kappa shape index (κ2) is 8.84. The highest BCUT2D eigenvalue weighted by Gasteiger charge is 2.33. The molecule has 184 valence electrons. The summed E-state index contributed by atoms with van der Waals surface area (Å²) in [4.78, 5) is 36.0. The molecule has 8 nitrogen and oxygen atoms in total. The lowest BCUT2D eigenvalue weighted by atomic mass is 9.99. The Labute approximate surface area is 206 Å². The zero-order chi connectivity index (χ0) is 24.1. The standard InChI is InChI=1S/C27H33N5O3/c1-28-8-7-19-13-21(4-6-24(19)28)31-10-9-30(17-26(31)33)16-20-15-29(2)25-14-22(3-5-23(20)25)32-11-12-35-18-27(32)34/h3-6,13-14,20H,7-12,15-18H2,1-2H3. The maximum absolute atomic E-state index is 13.1. The molecule has 0 N–H and O–H groups in total. The fourth-order valence-electron chi connectivity index (χ4n) is 6.03. The molecule has 2 amide bonds. The fourth-order valence-corrected chi connectivity index (χ4v) is 6.03. The molecule has 2 aromatic rings. The molecule has 0 radical (unpaired) electrons. The minimum Gasteiger partial charge on any atom is -0.374 e. The number of amides is 2. The molecule has 4 heterocycles. The molecule has 6 rings (SSSR count). The number of hydrogen-bond acceptors (Lipinski definition) is 6. The van der Waals surface area contributed by atoms with Gasteiger partial charge in [0, 0.05) is 82.0 Å². The maximum Gasteiger partial charge on any atom is 0.253 e. The van der Waals surface area contributed by atoms with E-state index in [0.717, 1.165) is 50.5 Å². The van der Waals surface area contributed by atoms with Gasteiger partial charge in [-0.1, -0.05) is 6.07 Å². The van der Waals surface area contributed by atoms with Crippen LogP contribution in [0.3, 0.4) is 0 Å². The Morgan fingerprint density at radius 3 is 2.49 bits per heavy atom. The molecule has 2 saturated heterocycles. The van der Waals surface area contributed by atoms with Crippen molar-refractivity contribution in [2.75, 3.05) is 92.7 Å². The molecule has 2 aromatic carbocycles. The summed E-state index contributed by atoms with van der Waals surface area (Å²) in [5, 5.41) is 0. The molecule has 0 aromatic heterocycles. The van der Waals surface area contributed by atoms with Crippen LogP contribution in [0.5, 0.6) is 0 Å². The number of carbonyl (C=O) groups excluding carboxylic acids is 2. The Morgan fingerprint density at radius 1 is 0.857 bits per heavy atom. The van der Waals surface area contributed by atoms with Crippen LogP contribution in [0.25, 0.3) is 0 Å². The Morgan fingerprint density at radius 2 is 1.66 bits per heavy atom. The number of rotatable bonds is 4. The van der Waals surface area contributed by atoms with Crippen LogP contribution in [0, 0.1) is 0 Å². The second-order valence-corrected chi connectivity index (χ2v) is 10.2. The van der Waals surface area contributed by atoms with E-state index in [2.05, 4.69) is 65.2 Å². The maximum atomic E-state index is 13.1. The summed E-state index contributed by atoms with van der Waals surface area (Å²) >= 11 is 0. The van der Waals surface area contributed by atoms with Gasteiger partial charge in [0.15, 0.2) is 0 Å². The van der Waals surface area contributed by atoms with Gasteiger partial charge in [0.2, 0.25) is 5.91 Å². The summed E-state index contributed by atoms with van der Waals surface area (Å²) < 4.78 is 5.28. The monoisotopic (exact) mass is 475 g/mol. The van der Waals surface area contributed by atoms with Gasteiger partial charge in [-0.2, -0.15) is 0 Å². The number of ether oxygens (including phenoxy) is 1. The van der Waals surface area contributed by atoms with Gasteiger partial charge in [-0.15, -0.1) is 0 Å². The van der Waals surface area contributed by atoms with Crippen molar-refractivity contribution < 1.29 is 14.3 Å². The van der Waals surface area contributed by atoms with Crippen molar-refractivity contribution in [2.45, 2.75) is 12.3 Å². The minimum absolute atomic E-state index is 0.0141. The van der Waals surface area contributed by atoms with Crippen molar-refractivity contribution in [3.05, 3.63) is 47.5 Å². The van der Waals surface area contributed by atoms with Crippen LogP contribution in [0.1, 0.15) is 17.0 Å². The summed E-state index contributed by atoms with van der Waals surface area (Å²) in [5.74, 6) is 0.537. The third kappa shape index (κ3) is 4.04. The van der Waals surface area contributed by atoms with Crippen LogP contribution in [0.4, 0.5) is 22.7 Å². The second-order valence-electron chi connectivity index (χ2n) is 10.2. The van der Waals surface area contributed by atoms with Gasteiger partial charge < -0.3 is 24.3 Å². The molecule has 1 atom stereocenters. The number of nitrogens with zero attached hydrogens (tertiary/aromatic N) is 5. The lowest BCUT2D eigenvalue weighted by Gasteiger charge is -2.35. The van der Waals surface area contributed by atoms with E-state index >= 15 is 0 Å². The molecule has 1 unspecified atom stereocenters. The van der Waals surface area contributed by atoms with Crippen molar-refractivity contribution >= 4 is 34.6 Å². The van der Waals surface area contributed by atoms with Gasteiger partial charge in [-0.25, -0.2) is 0 Å². The van der Waals surface area contributed by atoms with Gasteiger partial charge in [-0.3, -0.25) is 14.5 Å². The van der Waals surface area contributed by atoms with Crippen LogP contribution in [0.15, 0.2) is 36.4 Å². The number of hydrogen-bond donors (Lipinski definition) is 0. The van der Waals surface area contributed by atoms with E-state index in [9.17, 15) is 9.59 Å². The van der Waals surface area contributed by atoms with Crippen molar-refractivity contribution in [3.63, 3.8) is 0 Å². The molecule has 0 saturated carbocycles. The minimum atomic E-state index is 0.0141. The molecule has 0 aliphatic carbocycles. The highest BCUT2D eigenvalue weighted by molar-refractivity contribution is 5.96. The largest absolute Gasteiger partial charge is 0.374 e. The van der Waals surface area contributed by atoms with Crippen molar-refractivity contribution in [1.29, 1.82) is 0 Å². The SMILES string of the molecule is CN1CCc2cc(N3CCN(CC4CN(C)c5cc(N6CCOCC6=O)ccc54)CC3=O)ccc21. The lowest BCUT2D eigenvalue weighted by Crippen LogP contribution is -2.51. The molecule has 4 aliphatic rings. The number of piperazine rings is 1. The first-order valence-corrected chi connectivity index (χ1v) is 12.6. The van der Waals surface area contributed by atoms with Crippen LogP contribution in [-0.4, -0.2) is 89.8 Å². The van der Waals surface area contributed by atoms with Crippen LogP contribution >= 0.6 is 0 Å². The summed E-state index contributed by atoms with van der Waals surface area (Å²) in [6.07, 6.45) is 1.05. The Kier molecular flexibility index (Phi) is 5.65. The first kappa shape index (κ1) is 22.4. The van der Waals surface area contributed by atoms with Crippen molar-refractivity contribution in [1.82, 2.24) is 4.90 Å². The van der Waals surface area contributed by atoms with Crippen LogP contribution in [-0.2, 0) is 20.7 Å². The van der Waals surface area contributed by atoms with E-state index in [1.165, 1.54) is 22.5 Å². The molecule has 0 bridgehead atoms. The molecule has 0 spiro atoms. The number of likely N-dealkylation sites (N-methyl/N-ethyl adjacent to an activating group) is 2.